The van der Waals surface area contributed by atoms with Crippen molar-refractivity contribution >= 4 is 8.56 Å². The van der Waals surface area contributed by atoms with Crippen LogP contribution in [0.15, 0.2) is 0 Å². The van der Waals surface area contributed by atoms with E-state index in [2.05, 4.69) is 23.4 Å². The lowest BCUT2D eigenvalue weighted by molar-refractivity contribution is 0.107. The maximum Gasteiger partial charge on any atom is 0.334 e. The fourth-order valence-electron chi connectivity index (χ4n) is 2.14. The first kappa shape index (κ1) is 14.1. The van der Waals surface area contributed by atoms with E-state index >= 15 is 0 Å². The molecule has 16 heavy (non-hydrogen) atoms. The Kier molecular flexibility index (Phi) is 5.92. The number of hydrogen-bond donors (Lipinski definition) is 0. The zero-order chi connectivity index (χ0) is 12.0. The largest absolute Gasteiger partial charge is 0.398 e. The summed E-state index contributed by atoms with van der Waals surface area (Å²) in [6, 6.07) is 1.08. The quantitative estimate of drug-likeness (QED) is 0.660. The summed E-state index contributed by atoms with van der Waals surface area (Å²) in [5.74, 6) is 0. The molecule has 1 fully saturated rings. The minimum absolute atomic E-state index is 1.08. The van der Waals surface area contributed by atoms with Crippen LogP contribution in [0.4, 0.5) is 0 Å². The van der Waals surface area contributed by atoms with Crippen LogP contribution in [0.5, 0.6) is 0 Å². The first-order valence-electron chi connectivity index (χ1n) is 6.11. The Bertz CT molecular complexity index is 200. The molecule has 1 aliphatic rings. The van der Waals surface area contributed by atoms with Gasteiger partial charge in [-0.2, -0.15) is 0 Å². The summed E-state index contributed by atoms with van der Waals surface area (Å²) >= 11 is 0. The second-order valence-electron chi connectivity index (χ2n) is 4.84. The van der Waals surface area contributed by atoms with Gasteiger partial charge in [-0.25, -0.2) is 0 Å². The van der Waals surface area contributed by atoms with E-state index in [1.54, 1.807) is 14.2 Å². The molecule has 0 bridgehead atoms. The molecule has 5 heteroatoms. The van der Waals surface area contributed by atoms with E-state index in [1.165, 1.54) is 32.5 Å². The van der Waals surface area contributed by atoms with Crippen molar-refractivity contribution in [3.8, 4) is 0 Å². The molecule has 0 atom stereocenters. The Morgan fingerprint density at radius 1 is 1.19 bits per heavy atom. The van der Waals surface area contributed by atoms with Gasteiger partial charge in [0.25, 0.3) is 0 Å². The second kappa shape index (κ2) is 6.71. The zero-order valence-electron chi connectivity index (χ0n) is 11.2. The highest BCUT2D eigenvalue weighted by molar-refractivity contribution is 6.65. The van der Waals surface area contributed by atoms with E-state index in [9.17, 15) is 0 Å². The predicted molar refractivity (Wildman–Crippen MR) is 68.7 cm³/mol. The molecule has 1 saturated heterocycles. The Morgan fingerprint density at radius 3 is 2.44 bits per heavy atom. The second-order valence-corrected chi connectivity index (χ2v) is 8.42. The van der Waals surface area contributed by atoms with Crippen LogP contribution in [0, 0.1) is 0 Å². The molecule has 1 heterocycles. The molecule has 0 N–H and O–H groups in total. The normalized spacial score (nSPS) is 20.2. The van der Waals surface area contributed by atoms with Crippen molar-refractivity contribution in [2.75, 3.05) is 47.6 Å². The molecule has 0 aromatic carbocycles. The molecule has 1 aliphatic heterocycles. The summed E-state index contributed by atoms with van der Waals surface area (Å²) in [4.78, 5) is 4.90. The molecule has 0 unspecified atom stereocenters. The molecule has 0 aromatic rings. The van der Waals surface area contributed by atoms with Crippen LogP contribution in [0.25, 0.3) is 0 Å². The molecule has 0 saturated carbocycles. The van der Waals surface area contributed by atoms with Crippen LogP contribution >= 0.6 is 0 Å². The fraction of sp³-hybridized carbons (Fsp3) is 1.00. The van der Waals surface area contributed by atoms with Crippen LogP contribution in [0.3, 0.4) is 0 Å². The number of nitrogens with zero attached hydrogens (tertiary/aromatic N) is 2. The first-order chi connectivity index (χ1) is 7.59. The van der Waals surface area contributed by atoms with Gasteiger partial charge >= 0.3 is 8.56 Å². The average molecular weight is 246 g/mol. The Balaban J connectivity index is 2.19. The highest BCUT2D eigenvalue weighted by atomic mass is 28.4. The minimum Gasteiger partial charge on any atom is -0.398 e. The Labute approximate surface area is 101 Å². The van der Waals surface area contributed by atoms with Crippen molar-refractivity contribution < 1.29 is 8.85 Å². The van der Waals surface area contributed by atoms with Crippen molar-refractivity contribution in [2.24, 2.45) is 0 Å². The predicted octanol–water partition coefficient (Wildman–Crippen LogP) is 1.34. The first-order valence-corrected chi connectivity index (χ1v) is 8.63. The third kappa shape index (κ3) is 4.51. The summed E-state index contributed by atoms with van der Waals surface area (Å²) in [5.41, 5.74) is 0. The highest BCUT2D eigenvalue weighted by Crippen LogP contribution is 2.15. The molecule has 0 spiro atoms. The third-order valence-corrected chi connectivity index (χ3v) is 6.41. The van der Waals surface area contributed by atoms with Gasteiger partial charge in [-0.3, -0.25) is 9.80 Å². The van der Waals surface area contributed by atoms with Gasteiger partial charge in [-0.15, -0.1) is 0 Å². The molecule has 1 rings (SSSR count). The van der Waals surface area contributed by atoms with Gasteiger partial charge in [0, 0.05) is 27.3 Å². The zero-order valence-corrected chi connectivity index (χ0v) is 12.2. The standard InChI is InChI=1S/C11H26N2O2Si/c1-12-7-5-8-13(11-12)9-6-10-16(4,14-2)15-3/h5-11H2,1-4H3. The molecule has 0 radical (unpaired) electrons. The van der Waals surface area contributed by atoms with Crippen molar-refractivity contribution in [1.82, 2.24) is 9.80 Å². The van der Waals surface area contributed by atoms with E-state index in [1.807, 2.05) is 0 Å². The SMILES string of the molecule is CO[Si](C)(CCCN1CCCN(C)C1)OC. The molecule has 0 aliphatic carbocycles. The summed E-state index contributed by atoms with van der Waals surface area (Å²) in [6.45, 7) is 6.88. The Morgan fingerprint density at radius 2 is 1.88 bits per heavy atom. The lowest BCUT2D eigenvalue weighted by atomic mass is 10.3. The van der Waals surface area contributed by atoms with Crippen molar-refractivity contribution in [1.29, 1.82) is 0 Å². The van der Waals surface area contributed by atoms with Gasteiger partial charge in [0.1, 0.15) is 0 Å². The monoisotopic (exact) mass is 246 g/mol. The van der Waals surface area contributed by atoms with E-state index in [4.69, 9.17) is 8.85 Å². The van der Waals surface area contributed by atoms with Crippen LogP contribution in [-0.2, 0) is 8.85 Å². The van der Waals surface area contributed by atoms with Crippen molar-refractivity contribution in [2.45, 2.75) is 25.4 Å². The van der Waals surface area contributed by atoms with Crippen LogP contribution in [-0.4, -0.2) is 65.9 Å². The topological polar surface area (TPSA) is 24.9 Å². The van der Waals surface area contributed by atoms with Gasteiger partial charge in [0.2, 0.25) is 0 Å². The van der Waals surface area contributed by atoms with Crippen LogP contribution in [0.1, 0.15) is 12.8 Å². The smallest absolute Gasteiger partial charge is 0.334 e. The van der Waals surface area contributed by atoms with Crippen LogP contribution < -0.4 is 0 Å². The summed E-state index contributed by atoms with van der Waals surface area (Å²) in [6.07, 6.45) is 2.47. The van der Waals surface area contributed by atoms with Gasteiger partial charge in [0.05, 0.1) is 6.67 Å². The van der Waals surface area contributed by atoms with Crippen molar-refractivity contribution in [3.05, 3.63) is 0 Å². The average Bonchev–Trinajstić information content (AvgIpc) is 2.29. The van der Waals surface area contributed by atoms with Gasteiger partial charge in [-0.05, 0) is 39.0 Å². The maximum atomic E-state index is 5.49. The van der Waals surface area contributed by atoms with E-state index < -0.39 is 8.56 Å². The van der Waals surface area contributed by atoms with E-state index in [-0.39, 0.29) is 0 Å². The summed E-state index contributed by atoms with van der Waals surface area (Å²) < 4.78 is 11.0. The van der Waals surface area contributed by atoms with Gasteiger partial charge < -0.3 is 8.85 Å². The van der Waals surface area contributed by atoms with Crippen molar-refractivity contribution in [3.63, 3.8) is 0 Å². The molecule has 96 valence electrons. The molecule has 4 nitrogen and oxygen atoms in total. The fourth-order valence-corrected chi connectivity index (χ4v) is 3.52. The lowest BCUT2D eigenvalue weighted by Crippen LogP contribution is -2.44. The molecule has 0 aromatic heterocycles. The maximum absolute atomic E-state index is 5.49. The Hall–Kier alpha value is 0.0569. The van der Waals surface area contributed by atoms with Gasteiger partial charge in [0.15, 0.2) is 0 Å². The highest BCUT2D eigenvalue weighted by Gasteiger charge is 2.28. The van der Waals surface area contributed by atoms with E-state index in [0.717, 1.165) is 12.7 Å². The minimum atomic E-state index is -1.84. The van der Waals surface area contributed by atoms with Crippen LogP contribution in [0.2, 0.25) is 12.6 Å². The lowest BCUT2D eigenvalue weighted by Gasteiger charge is -2.33. The summed E-state index contributed by atoms with van der Waals surface area (Å²) in [5, 5.41) is 0. The number of hydrogen-bond acceptors (Lipinski definition) is 4. The molecule has 0 amide bonds. The molecular formula is C11H26N2O2Si. The summed E-state index contributed by atoms with van der Waals surface area (Å²) in [7, 11) is 3.89. The third-order valence-electron chi connectivity index (χ3n) is 3.42. The van der Waals surface area contributed by atoms with E-state index in [0.29, 0.717) is 0 Å². The van der Waals surface area contributed by atoms with Gasteiger partial charge in [-0.1, -0.05) is 0 Å². The molecular weight excluding hydrogens is 220 g/mol. The number of rotatable bonds is 6.